The maximum atomic E-state index is 9.36. The van der Waals surface area contributed by atoms with E-state index >= 15 is 0 Å². The fourth-order valence-corrected chi connectivity index (χ4v) is 1.04. The van der Waals surface area contributed by atoms with Crippen molar-refractivity contribution in [1.82, 2.24) is 0 Å². The second kappa shape index (κ2) is 4.04. The molecule has 0 fully saturated rings. The molecule has 0 heterocycles. The minimum Gasteiger partial charge on any atom is -0.387 e. The number of rotatable bonds is 4. The van der Waals surface area contributed by atoms with Crippen molar-refractivity contribution >= 4 is 0 Å². The highest BCUT2D eigenvalue weighted by molar-refractivity contribution is 4.72. The van der Waals surface area contributed by atoms with Crippen molar-refractivity contribution in [2.75, 3.05) is 27.7 Å². The Morgan fingerprint density at radius 2 is 1.82 bits per heavy atom. The molecule has 0 saturated heterocycles. The van der Waals surface area contributed by atoms with Crippen molar-refractivity contribution in [3.63, 3.8) is 0 Å². The third-order valence-corrected chi connectivity index (χ3v) is 1.29. The fourth-order valence-electron chi connectivity index (χ4n) is 1.04. The molecule has 3 heteroatoms. The maximum absolute atomic E-state index is 9.36. The van der Waals surface area contributed by atoms with Gasteiger partial charge in [0, 0.05) is 6.42 Å². The van der Waals surface area contributed by atoms with E-state index < -0.39 is 6.10 Å². The zero-order chi connectivity index (χ0) is 9.07. The Morgan fingerprint density at radius 3 is 2.09 bits per heavy atom. The van der Waals surface area contributed by atoms with Gasteiger partial charge in [-0.2, -0.15) is 0 Å². The lowest BCUT2D eigenvalue weighted by molar-refractivity contribution is -0.873. The molecule has 0 saturated carbocycles. The zero-order valence-corrected chi connectivity index (χ0v) is 7.83. The third-order valence-electron chi connectivity index (χ3n) is 1.29. The topological polar surface area (TPSA) is 40.5 Å². The molecule has 1 radical (unpaired) electrons. The number of aliphatic hydroxyl groups excluding tert-OH is 2. The first-order valence-electron chi connectivity index (χ1n) is 3.81. The average Bonchev–Trinajstić information content (AvgIpc) is 1.53. The van der Waals surface area contributed by atoms with Crippen LogP contribution in [0.3, 0.4) is 0 Å². The monoisotopic (exact) mass is 161 g/mol. The summed E-state index contributed by atoms with van der Waals surface area (Å²) >= 11 is 0. The lowest BCUT2D eigenvalue weighted by atomic mass is 10.1. The summed E-state index contributed by atoms with van der Waals surface area (Å²) in [6.45, 7) is 2.27. The van der Waals surface area contributed by atoms with Gasteiger partial charge >= 0.3 is 0 Å². The molecule has 0 aliphatic heterocycles. The summed E-state index contributed by atoms with van der Waals surface area (Å²) in [5.74, 6) is 0. The van der Waals surface area contributed by atoms with Crippen LogP contribution in [0.15, 0.2) is 0 Å². The van der Waals surface area contributed by atoms with E-state index in [0.717, 1.165) is 0 Å². The van der Waals surface area contributed by atoms with E-state index in [-0.39, 0.29) is 0 Å². The minimum atomic E-state index is -0.431. The molecule has 11 heavy (non-hydrogen) atoms. The van der Waals surface area contributed by atoms with E-state index in [4.69, 9.17) is 5.11 Å². The largest absolute Gasteiger partial charge is 0.387 e. The number of hydrogen-bond donors (Lipinski definition) is 2. The fraction of sp³-hybridized carbons (Fsp3) is 0.875. The van der Waals surface area contributed by atoms with Gasteiger partial charge in [0.05, 0.1) is 27.2 Å². The van der Waals surface area contributed by atoms with Crippen molar-refractivity contribution < 1.29 is 14.7 Å². The molecule has 0 amide bonds. The normalized spacial score (nSPS) is 15.5. The van der Waals surface area contributed by atoms with Crippen LogP contribution < -0.4 is 0 Å². The standard InChI is InChI=1S/C8H19NO2/c1-7(10)5-8(11)6-9(2,3)4/h8,10-11H,5-6H2,1-4H3/q+1. The molecular weight excluding hydrogens is 142 g/mol. The van der Waals surface area contributed by atoms with Crippen LogP contribution in [0.5, 0.6) is 0 Å². The first-order valence-corrected chi connectivity index (χ1v) is 3.81. The van der Waals surface area contributed by atoms with Gasteiger partial charge in [0.15, 0.2) is 0 Å². The van der Waals surface area contributed by atoms with Gasteiger partial charge in [-0.25, -0.2) is 0 Å². The second-order valence-corrected chi connectivity index (χ2v) is 4.07. The summed E-state index contributed by atoms with van der Waals surface area (Å²) in [4.78, 5) is 0. The molecular formula is C8H19NO2+. The Kier molecular flexibility index (Phi) is 4.00. The zero-order valence-electron chi connectivity index (χ0n) is 7.83. The molecule has 0 aliphatic carbocycles. The van der Waals surface area contributed by atoms with Crippen LogP contribution in [0, 0.1) is 6.10 Å². The molecule has 1 atom stereocenters. The van der Waals surface area contributed by atoms with Crippen molar-refractivity contribution in [1.29, 1.82) is 0 Å². The third kappa shape index (κ3) is 7.78. The Labute approximate surface area is 68.9 Å². The van der Waals surface area contributed by atoms with Crippen molar-refractivity contribution in [2.45, 2.75) is 19.4 Å². The van der Waals surface area contributed by atoms with Gasteiger partial charge in [-0.05, 0) is 6.92 Å². The van der Waals surface area contributed by atoms with Gasteiger partial charge in [0.1, 0.15) is 12.6 Å². The summed E-state index contributed by atoms with van der Waals surface area (Å²) in [7, 11) is 6.03. The van der Waals surface area contributed by atoms with Gasteiger partial charge in [-0.1, -0.05) is 0 Å². The lowest BCUT2D eigenvalue weighted by Gasteiger charge is -2.26. The van der Waals surface area contributed by atoms with Crippen molar-refractivity contribution in [3.8, 4) is 0 Å². The van der Waals surface area contributed by atoms with Crippen LogP contribution in [0.2, 0.25) is 0 Å². The second-order valence-electron chi connectivity index (χ2n) is 4.07. The van der Waals surface area contributed by atoms with Gasteiger partial charge in [-0.3, -0.25) is 0 Å². The molecule has 0 aliphatic rings. The van der Waals surface area contributed by atoms with Gasteiger partial charge < -0.3 is 14.7 Å². The van der Waals surface area contributed by atoms with E-state index in [0.29, 0.717) is 23.6 Å². The van der Waals surface area contributed by atoms with Crippen LogP contribution in [0.1, 0.15) is 13.3 Å². The Morgan fingerprint density at radius 1 is 1.36 bits per heavy atom. The highest BCUT2D eigenvalue weighted by atomic mass is 16.3. The highest BCUT2D eigenvalue weighted by Crippen LogP contribution is 2.06. The minimum absolute atomic E-state index is 0.297. The Bertz CT molecular complexity index is 107. The molecule has 0 bridgehead atoms. The quantitative estimate of drug-likeness (QED) is 0.585. The number of likely N-dealkylation sites (N-methyl/N-ethyl adjacent to an activating group) is 1. The molecule has 2 N–H and O–H groups in total. The molecule has 0 aromatic heterocycles. The summed E-state index contributed by atoms with van der Waals surface area (Å²) in [5.41, 5.74) is 0. The molecule has 1 unspecified atom stereocenters. The SMILES string of the molecule is C[C](O)CC(O)C[N+](C)(C)C. The predicted octanol–water partition coefficient (Wildman–Crippen LogP) is 0.368. The molecule has 0 aromatic rings. The number of nitrogens with zero attached hydrogens (tertiary/aromatic N) is 1. The van der Waals surface area contributed by atoms with Crippen LogP contribution >= 0.6 is 0 Å². The van der Waals surface area contributed by atoms with E-state index in [1.165, 1.54) is 0 Å². The molecule has 0 rings (SSSR count). The number of quaternary nitrogens is 1. The first kappa shape index (κ1) is 10.9. The van der Waals surface area contributed by atoms with Gasteiger partial charge in [0.2, 0.25) is 0 Å². The smallest absolute Gasteiger partial charge is 0.106 e. The number of aliphatic hydroxyl groups is 2. The van der Waals surface area contributed by atoms with Crippen LogP contribution in [-0.2, 0) is 0 Å². The maximum Gasteiger partial charge on any atom is 0.106 e. The Balaban J connectivity index is 3.61. The number of hydrogen-bond acceptors (Lipinski definition) is 2. The average molecular weight is 161 g/mol. The van der Waals surface area contributed by atoms with E-state index in [9.17, 15) is 5.11 Å². The van der Waals surface area contributed by atoms with E-state index in [2.05, 4.69) is 0 Å². The van der Waals surface area contributed by atoms with Crippen molar-refractivity contribution in [3.05, 3.63) is 6.10 Å². The van der Waals surface area contributed by atoms with Gasteiger partial charge in [0.25, 0.3) is 0 Å². The van der Waals surface area contributed by atoms with Crippen molar-refractivity contribution in [2.24, 2.45) is 0 Å². The Hall–Kier alpha value is -0.120. The predicted molar refractivity (Wildman–Crippen MR) is 44.4 cm³/mol. The molecule has 67 valence electrons. The van der Waals surface area contributed by atoms with Crippen LogP contribution in [0.4, 0.5) is 0 Å². The summed E-state index contributed by atoms with van der Waals surface area (Å²) < 4.78 is 0.717. The van der Waals surface area contributed by atoms with Crippen LogP contribution in [-0.4, -0.2) is 48.5 Å². The highest BCUT2D eigenvalue weighted by Gasteiger charge is 2.16. The summed E-state index contributed by atoms with van der Waals surface area (Å²) in [6.07, 6.45) is 0.251. The lowest BCUT2D eigenvalue weighted by Crippen LogP contribution is -2.41. The molecule has 0 aromatic carbocycles. The molecule has 3 nitrogen and oxygen atoms in total. The van der Waals surface area contributed by atoms with Gasteiger partial charge in [-0.15, -0.1) is 0 Å². The van der Waals surface area contributed by atoms with Crippen LogP contribution in [0.25, 0.3) is 0 Å². The van der Waals surface area contributed by atoms with E-state index in [1.54, 1.807) is 6.92 Å². The summed E-state index contributed by atoms with van der Waals surface area (Å²) in [5, 5.41) is 18.2. The van der Waals surface area contributed by atoms with E-state index in [1.807, 2.05) is 21.1 Å². The summed E-state index contributed by atoms with van der Waals surface area (Å²) in [6, 6.07) is 0. The first-order chi connectivity index (χ1) is 4.81. The molecule has 0 spiro atoms.